The third-order valence-corrected chi connectivity index (χ3v) is 25.3. The van der Waals surface area contributed by atoms with Crippen molar-refractivity contribution in [1.82, 2.24) is 39.8 Å². The summed E-state index contributed by atoms with van der Waals surface area (Å²) < 4.78 is 291. The van der Waals surface area contributed by atoms with Gasteiger partial charge in [-0.2, -0.15) is 89.6 Å². The van der Waals surface area contributed by atoms with Crippen molar-refractivity contribution < 1.29 is 131 Å². The standard InChI is InChI=1S/C26H25F7N4O4S.C25H24F7N3O2S.C18H22F6N2O2S.C7H4FNO/c27-18-11-16(5-6-17(18)21-35-24(39)41-36-21)40-12-19-20(23(38)37-9-7-15(8-10-37)26(31,32)33)34-22(42-19)13-1-3-14(4-2-13)25(28,29)30;26-19-11-18(6-3-15(19)12-33)37-13-20-21(23(36)35-9-7-17(8-10-35)25(30,31)32)34-22(38-20)14-1-4-16(5-2-14)24(27,28)29;19-17(20,21)11-3-1-10(2-4-11)15-25-14(13(9-27)29-15)16(28)26-7-5-12(6-8-26)18(22,23)24;8-7-3-6(10)2-1-5(7)4-9/h5-6,11,13-15H,1-4,7-10,12H2,(H,35,36,39);3,6,11,14,16-17H,1-2,4-5,7-10,13H2;10-12,27H,1-9H2;1-3,10H. The van der Waals surface area contributed by atoms with E-state index in [0.717, 1.165) is 52.2 Å². The van der Waals surface area contributed by atoms with Gasteiger partial charge in [0.15, 0.2) is 5.82 Å². The van der Waals surface area contributed by atoms with Crippen molar-refractivity contribution in [2.45, 2.75) is 190 Å². The smallest absolute Gasteiger partial charge is 0.439 e. The summed E-state index contributed by atoms with van der Waals surface area (Å²) in [4.78, 5) is 70.9. The number of likely N-dealkylation sites (tertiary alicyclic amines) is 3. The molecule has 3 saturated heterocycles. The number of hydrogen-bond acceptors (Lipinski definition) is 18. The summed E-state index contributed by atoms with van der Waals surface area (Å²) >= 11 is 3.31. The third kappa shape index (κ3) is 24.1. The van der Waals surface area contributed by atoms with Crippen molar-refractivity contribution in [3.63, 3.8) is 0 Å². The second-order valence-corrected chi connectivity index (χ2v) is 32.8. The van der Waals surface area contributed by atoms with Gasteiger partial charge in [0.05, 0.1) is 88.5 Å². The molecule has 0 radical (unpaired) electrons. The van der Waals surface area contributed by atoms with Gasteiger partial charge in [-0.05, 0) is 152 Å². The number of benzene rings is 3. The quantitative estimate of drug-likeness (QED) is 0.0855. The van der Waals surface area contributed by atoms with Gasteiger partial charge in [-0.25, -0.2) is 32.9 Å². The van der Waals surface area contributed by atoms with E-state index in [1.807, 2.05) is 0 Å². The fourth-order valence-electron chi connectivity index (χ4n) is 14.8. The minimum Gasteiger partial charge on any atom is -0.508 e. The number of rotatable bonds is 14. The van der Waals surface area contributed by atoms with E-state index in [0.29, 0.717) is 42.5 Å². The second-order valence-electron chi connectivity index (χ2n) is 29.4. The van der Waals surface area contributed by atoms with Gasteiger partial charge >= 0.3 is 42.8 Å². The molecule has 4 aromatic heterocycles. The fraction of sp³-hybridized carbons (Fsp3) is 0.553. The summed E-state index contributed by atoms with van der Waals surface area (Å²) in [5.41, 5.74) is -0.322. The molecule has 0 atom stereocenters. The average molecular weight is 1770 g/mol. The SMILES string of the molecule is N#Cc1ccc(O)cc1F.N#Cc1ccc(OCc2sc(C3CCC(C(F)(F)F)CC3)nc2C(=O)N2CCC(C(F)(F)F)CC2)cc1F.O=C(c1nc(C2CCC(C(F)(F)F)CC2)sc1CO)N1CCC(C(F)(F)F)CC1.O=C(c1nc(C2CCC(C(F)(F)F)CC2)sc1COc1ccc(-c2noc(=O)[nH]2)c(F)c1)N1CCC(C(F)(F)F)CC1. The van der Waals surface area contributed by atoms with E-state index < -0.39 is 120 Å². The number of aliphatic hydroxyl groups is 1. The molecule has 3 saturated carbocycles. The first-order chi connectivity index (χ1) is 55.9. The lowest BCUT2D eigenvalue weighted by molar-refractivity contribution is -0.184. The second kappa shape index (κ2) is 38.7. The van der Waals surface area contributed by atoms with Crippen LogP contribution in [0.1, 0.15) is 206 Å². The molecule has 3 aromatic carbocycles. The van der Waals surface area contributed by atoms with E-state index in [9.17, 15) is 116 Å². The number of aromatic nitrogens is 5. The Morgan fingerprint density at radius 3 is 1.04 bits per heavy atom. The minimum atomic E-state index is -4.36. The van der Waals surface area contributed by atoms with Gasteiger partial charge in [0, 0.05) is 75.2 Å². The number of thiazole rings is 3. The highest BCUT2D eigenvalue weighted by molar-refractivity contribution is 7.12. The van der Waals surface area contributed by atoms with Crippen LogP contribution in [0.15, 0.2) is 63.9 Å². The zero-order chi connectivity index (χ0) is 86.9. The summed E-state index contributed by atoms with van der Waals surface area (Å²) in [6.45, 7) is -1.44. The fourth-order valence-corrected chi connectivity index (χ4v) is 18.2. The highest BCUT2D eigenvalue weighted by atomic mass is 32.1. The molecule has 0 bridgehead atoms. The van der Waals surface area contributed by atoms with Gasteiger partial charge in [-0.15, -0.1) is 34.0 Å². The number of piperidine rings is 3. The van der Waals surface area contributed by atoms with E-state index in [1.165, 1.54) is 51.1 Å². The van der Waals surface area contributed by atoms with Gasteiger partial charge in [-0.1, -0.05) is 5.16 Å². The lowest BCUT2D eigenvalue weighted by Crippen LogP contribution is -2.42. The van der Waals surface area contributed by atoms with Crippen LogP contribution in [-0.4, -0.2) is 144 Å². The minimum absolute atomic E-state index is 0.00353. The Kier molecular flexibility index (Phi) is 29.9. The van der Waals surface area contributed by atoms with Crippen LogP contribution in [-0.2, 0) is 19.8 Å². The molecule has 119 heavy (non-hydrogen) atoms. The Morgan fingerprint density at radius 1 is 0.445 bits per heavy atom. The number of phenolic OH excluding ortho intramolecular Hbond substituents is 1. The van der Waals surface area contributed by atoms with Crippen LogP contribution >= 0.6 is 34.0 Å². The van der Waals surface area contributed by atoms with E-state index in [4.69, 9.17) is 25.1 Å². The van der Waals surface area contributed by atoms with Crippen LogP contribution in [0.25, 0.3) is 11.4 Å². The predicted octanol–water partition coefficient (Wildman–Crippen LogP) is 19.7. The number of carbonyl (C=O) groups excluding carboxylic acids is 3. The number of amides is 3. The average Bonchev–Trinajstić information content (AvgIpc) is 1.66. The molecular formula is C76H75F21N10O9S3. The summed E-state index contributed by atoms with van der Waals surface area (Å²) in [6.07, 6.45) is -25.8. The molecule has 6 aliphatic rings. The number of aromatic amines is 1. The Hall–Kier alpha value is -9.23. The molecule has 7 heterocycles. The number of alkyl halides is 18. The van der Waals surface area contributed by atoms with Gasteiger partial charge in [0.25, 0.3) is 17.7 Å². The number of ether oxygens (including phenoxy) is 2. The largest absolute Gasteiger partial charge is 0.508 e. The monoisotopic (exact) mass is 1770 g/mol. The Morgan fingerprint density at radius 2 is 0.748 bits per heavy atom. The molecule has 648 valence electrons. The number of aliphatic hydroxyl groups excluding tert-OH is 1. The molecule has 7 aromatic rings. The van der Waals surface area contributed by atoms with Crippen LogP contribution in [0.3, 0.4) is 0 Å². The van der Waals surface area contributed by atoms with Crippen LogP contribution in [0.2, 0.25) is 0 Å². The van der Waals surface area contributed by atoms with Gasteiger partial charge in [0.2, 0.25) is 0 Å². The van der Waals surface area contributed by atoms with Crippen molar-refractivity contribution in [3.05, 3.63) is 140 Å². The van der Waals surface area contributed by atoms with E-state index in [-0.39, 0.29) is 230 Å². The Labute approximate surface area is 676 Å². The highest BCUT2D eigenvalue weighted by Crippen LogP contribution is 2.49. The molecular weight excluding hydrogens is 1690 g/mol. The van der Waals surface area contributed by atoms with E-state index in [1.54, 1.807) is 12.1 Å². The van der Waals surface area contributed by atoms with Gasteiger partial charge in [-0.3, -0.25) is 23.9 Å². The molecule has 3 amide bonds. The van der Waals surface area contributed by atoms with Gasteiger partial charge in [0.1, 0.15) is 77.1 Å². The van der Waals surface area contributed by atoms with Crippen molar-refractivity contribution in [1.29, 1.82) is 10.5 Å². The van der Waals surface area contributed by atoms with E-state index >= 15 is 0 Å². The number of halogens is 21. The van der Waals surface area contributed by atoms with Crippen molar-refractivity contribution in [3.8, 4) is 40.8 Å². The first-order valence-electron chi connectivity index (χ1n) is 37.5. The summed E-state index contributed by atoms with van der Waals surface area (Å²) in [5, 5.41) is 40.3. The molecule has 0 unspecified atom stereocenters. The van der Waals surface area contributed by atoms with Crippen molar-refractivity contribution >= 4 is 51.7 Å². The molecule has 3 aliphatic heterocycles. The molecule has 3 aliphatic carbocycles. The summed E-state index contributed by atoms with van der Waals surface area (Å²) in [5.74, 6) is -14.3. The third-order valence-electron chi connectivity index (χ3n) is 21.8. The number of nitrogens with one attached hydrogen (secondary N) is 1. The highest BCUT2D eigenvalue weighted by Gasteiger charge is 2.49. The first-order valence-corrected chi connectivity index (χ1v) is 39.9. The topological polar surface area (TPSA) is 265 Å². The molecule has 0 spiro atoms. The number of hydrogen-bond donors (Lipinski definition) is 3. The maximum atomic E-state index is 14.7. The maximum Gasteiger partial charge on any atom is 0.439 e. The van der Waals surface area contributed by atoms with Crippen LogP contribution < -0.4 is 15.2 Å². The summed E-state index contributed by atoms with van der Waals surface area (Å²) in [7, 11) is 0. The zero-order valence-electron chi connectivity index (χ0n) is 62.4. The number of phenols is 1. The van der Waals surface area contributed by atoms with Crippen LogP contribution in [0.5, 0.6) is 17.2 Å². The predicted molar refractivity (Wildman–Crippen MR) is 384 cm³/mol. The van der Waals surface area contributed by atoms with Crippen molar-refractivity contribution in [2.24, 2.45) is 35.5 Å². The molecule has 13 rings (SSSR count). The molecule has 6 fully saturated rings. The lowest BCUT2D eigenvalue weighted by Gasteiger charge is -2.32. The maximum absolute atomic E-state index is 14.7. The number of nitrogens with zero attached hydrogens (tertiary/aromatic N) is 9. The Bertz CT molecular complexity index is 4760. The summed E-state index contributed by atoms with van der Waals surface area (Å²) in [6, 6.07) is 14.1. The molecule has 3 N–H and O–H groups in total. The van der Waals surface area contributed by atoms with Crippen molar-refractivity contribution in [2.75, 3.05) is 39.3 Å². The number of carbonyl (C=O) groups is 3. The van der Waals surface area contributed by atoms with Crippen LogP contribution in [0.4, 0.5) is 92.2 Å². The molecule has 43 heteroatoms. The lowest BCUT2D eigenvalue weighted by atomic mass is 9.82. The van der Waals surface area contributed by atoms with Crippen LogP contribution in [0, 0.1) is 75.6 Å². The molecule has 19 nitrogen and oxygen atoms in total. The van der Waals surface area contributed by atoms with Gasteiger partial charge < -0.3 is 34.4 Å². The zero-order valence-corrected chi connectivity index (χ0v) is 64.9. The number of aromatic hydroxyl groups is 1. The Balaban J connectivity index is 0.000000179. The first kappa shape index (κ1) is 92.1. The van der Waals surface area contributed by atoms with E-state index in [2.05, 4.69) is 29.6 Å². The normalized spacial score (nSPS) is 20.8. The number of nitriles is 2. The number of H-pyrrole nitrogens is 1.